The van der Waals surface area contributed by atoms with E-state index in [2.05, 4.69) is 46.7 Å². The summed E-state index contributed by atoms with van der Waals surface area (Å²) >= 11 is 3.84. The molecule has 0 unspecified atom stereocenters. The van der Waals surface area contributed by atoms with Crippen molar-refractivity contribution in [2.24, 2.45) is 5.16 Å². The normalized spacial score (nSPS) is 12.7. The van der Waals surface area contributed by atoms with Crippen LogP contribution in [0.25, 0.3) is 0 Å². The molecule has 0 aliphatic rings. The summed E-state index contributed by atoms with van der Waals surface area (Å²) in [6.07, 6.45) is 0.152. The van der Waals surface area contributed by atoms with Crippen LogP contribution in [0.3, 0.4) is 0 Å². The third kappa shape index (κ3) is 12.6. The summed E-state index contributed by atoms with van der Waals surface area (Å²) in [5.41, 5.74) is 1.14. The van der Waals surface area contributed by atoms with E-state index in [4.69, 9.17) is 4.84 Å². The zero-order valence-electron chi connectivity index (χ0n) is 13.2. The standard InChI is InChI=1S/C14H29NOS2/c1-11(2)16-15-12(9-17-13(3,4)5)10-18-14(6,7)8/h11H,9-10H2,1-8H3. The number of thioether (sulfide) groups is 2. The van der Waals surface area contributed by atoms with Gasteiger partial charge in [-0.05, 0) is 13.8 Å². The van der Waals surface area contributed by atoms with Gasteiger partial charge in [-0.15, -0.1) is 23.5 Å². The van der Waals surface area contributed by atoms with Crippen LogP contribution in [-0.2, 0) is 4.84 Å². The second-order valence-electron chi connectivity index (χ2n) is 6.61. The molecular weight excluding hydrogens is 262 g/mol. The van der Waals surface area contributed by atoms with Crippen LogP contribution in [0.1, 0.15) is 55.4 Å². The van der Waals surface area contributed by atoms with E-state index in [1.165, 1.54) is 0 Å². The second-order valence-corrected chi connectivity index (χ2v) is 10.2. The van der Waals surface area contributed by atoms with Crippen LogP contribution in [0.4, 0.5) is 0 Å². The van der Waals surface area contributed by atoms with Crippen molar-refractivity contribution < 1.29 is 4.84 Å². The fourth-order valence-electron chi connectivity index (χ4n) is 0.874. The van der Waals surface area contributed by atoms with Crippen molar-refractivity contribution in [2.75, 3.05) is 11.5 Å². The van der Waals surface area contributed by atoms with Crippen molar-refractivity contribution in [1.82, 2.24) is 0 Å². The first-order chi connectivity index (χ1) is 7.99. The Kier molecular flexibility index (Phi) is 7.76. The number of nitrogens with zero attached hydrogens (tertiary/aromatic N) is 1. The quantitative estimate of drug-likeness (QED) is 0.517. The van der Waals surface area contributed by atoms with E-state index in [0.29, 0.717) is 0 Å². The molecule has 0 bridgehead atoms. The van der Waals surface area contributed by atoms with Gasteiger partial charge in [0.25, 0.3) is 0 Å². The van der Waals surface area contributed by atoms with Gasteiger partial charge in [0.15, 0.2) is 0 Å². The molecule has 18 heavy (non-hydrogen) atoms. The summed E-state index contributed by atoms with van der Waals surface area (Å²) in [4.78, 5) is 5.40. The number of hydrogen-bond acceptors (Lipinski definition) is 4. The van der Waals surface area contributed by atoms with Gasteiger partial charge in [-0.25, -0.2) is 0 Å². The molecule has 0 aromatic rings. The summed E-state index contributed by atoms with van der Waals surface area (Å²) in [5, 5.41) is 4.30. The van der Waals surface area contributed by atoms with E-state index in [1.807, 2.05) is 37.4 Å². The maximum Gasteiger partial charge on any atom is 0.122 e. The smallest absolute Gasteiger partial charge is 0.122 e. The molecule has 0 atom stereocenters. The highest BCUT2D eigenvalue weighted by atomic mass is 32.2. The minimum absolute atomic E-state index is 0.152. The number of oxime groups is 1. The van der Waals surface area contributed by atoms with E-state index >= 15 is 0 Å². The molecule has 0 saturated carbocycles. The Morgan fingerprint density at radius 1 is 0.944 bits per heavy atom. The first-order valence-electron chi connectivity index (χ1n) is 6.49. The van der Waals surface area contributed by atoms with Crippen molar-refractivity contribution in [2.45, 2.75) is 71.0 Å². The van der Waals surface area contributed by atoms with Gasteiger partial charge in [0.05, 0.1) is 5.71 Å². The molecule has 2 nitrogen and oxygen atoms in total. The van der Waals surface area contributed by atoms with Gasteiger partial charge in [-0.3, -0.25) is 0 Å². The predicted octanol–water partition coefficient (Wildman–Crippen LogP) is 4.83. The molecule has 0 aliphatic carbocycles. The maximum absolute atomic E-state index is 5.40. The molecule has 0 aromatic heterocycles. The molecule has 0 spiro atoms. The Morgan fingerprint density at radius 3 is 1.61 bits per heavy atom. The molecule has 0 N–H and O–H groups in total. The lowest BCUT2D eigenvalue weighted by Crippen LogP contribution is -2.18. The van der Waals surface area contributed by atoms with Gasteiger partial charge >= 0.3 is 0 Å². The van der Waals surface area contributed by atoms with Crippen LogP contribution in [0, 0.1) is 0 Å². The van der Waals surface area contributed by atoms with E-state index in [9.17, 15) is 0 Å². The fourth-order valence-corrected chi connectivity index (χ4v) is 2.51. The summed E-state index contributed by atoms with van der Waals surface area (Å²) in [5.74, 6) is 1.89. The zero-order valence-corrected chi connectivity index (χ0v) is 14.8. The van der Waals surface area contributed by atoms with Crippen LogP contribution >= 0.6 is 23.5 Å². The molecule has 0 aromatic carbocycles. The third-order valence-corrected chi connectivity index (χ3v) is 4.42. The zero-order chi connectivity index (χ0) is 14.4. The van der Waals surface area contributed by atoms with Crippen molar-refractivity contribution in [3.63, 3.8) is 0 Å². The van der Waals surface area contributed by atoms with E-state index in [-0.39, 0.29) is 15.6 Å². The lowest BCUT2D eigenvalue weighted by atomic mass is 10.3. The highest BCUT2D eigenvalue weighted by Crippen LogP contribution is 2.27. The Bertz CT molecular complexity index is 242. The molecule has 4 heteroatoms. The first-order valence-corrected chi connectivity index (χ1v) is 8.46. The van der Waals surface area contributed by atoms with E-state index in [0.717, 1.165) is 17.2 Å². The molecule has 0 radical (unpaired) electrons. The lowest BCUT2D eigenvalue weighted by Gasteiger charge is -2.21. The minimum Gasteiger partial charge on any atom is -0.393 e. The molecule has 0 saturated heterocycles. The molecule has 0 rings (SSSR count). The second kappa shape index (κ2) is 7.68. The lowest BCUT2D eigenvalue weighted by molar-refractivity contribution is 0.0858. The van der Waals surface area contributed by atoms with Gasteiger partial charge in [-0.2, -0.15) is 0 Å². The summed E-state index contributed by atoms with van der Waals surface area (Å²) in [7, 11) is 0. The van der Waals surface area contributed by atoms with Gasteiger partial charge in [0.1, 0.15) is 6.10 Å². The fraction of sp³-hybridized carbons (Fsp3) is 0.929. The summed E-state index contributed by atoms with van der Waals surface area (Å²) < 4.78 is 0.538. The maximum atomic E-state index is 5.40. The summed E-state index contributed by atoms with van der Waals surface area (Å²) in [6.45, 7) is 17.4. The molecule has 108 valence electrons. The minimum atomic E-state index is 0.152. The average molecular weight is 292 g/mol. The molecule has 0 fully saturated rings. The Balaban J connectivity index is 4.39. The van der Waals surface area contributed by atoms with Gasteiger partial charge < -0.3 is 4.84 Å². The predicted molar refractivity (Wildman–Crippen MR) is 88.1 cm³/mol. The summed E-state index contributed by atoms with van der Waals surface area (Å²) in [6, 6.07) is 0. The first kappa shape index (κ1) is 18.2. The largest absolute Gasteiger partial charge is 0.393 e. The molecule has 0 heterocycles. The topological polar surface area (TPSA) is 21.6 Å². The van der Waals surface area contributed by atoms with Crippen molar-refractivity contribution in [1.29, 1.82) is 0 Å². The van der Waals surface area contributed by atoms with E-state index in [1.54, 1.807) is 0 Å². The highest BCUT2D eigenvalue weighted by Gasteiger charge is 2.16. The van der Waals surface area contributed by atoms with Crippen LogP contribution in [0.2, 0.25) is 0 Å². The average Bonchev–Trinajstić information content (AvgIpc) is 2.13. The van der Waals surface area contributed by atoms with Crippen molar-refractivity contribution in [3.05, 3.63) is 0 Å². The van der Waals surface area contributed by atoms with Crippen molar-refractivity contribution in [3.8, 4) is 0 Å². The third-order valence-electron chi connectivity index (χ3n) is 1.74. The molecule has 0 amide bonds. The number of hydrogen-bond donors (Lipinski definition) is 0. The number of rotatable bonds is 6. The molecule has 0 aliphatic heterocycles. The SMILES string of the molecule is CC(C)ON=C(CSC(C)(C)C)CSC(C)(C)C. The van der Waals surface area contributed by atoms with Gasteiger partial charge in [0.2, 0.25) is 0 Å². The van der Waals surface area contributed by atoms with Crippen molar-refractivity contribution >= 4 is 29.2 Å². The van der Waals surface area contributed by atoms with Gasteiger partial charge in [-0.1, -0.05) is 46.7 Å². The highest BCUT2D eigenvalue weighted by molar-refractivity contribution is 8.02. The van der Waals surface area contributed by atoms with Crippen LogP contribution in [-0.4, -0.2) is 32.8 Å². The van der Waals surface area contributed by atoms with Crippen LogP contribution < -0.4 is 0 Å². The molecular formula is C14H29NOS2. The Morgan fingerprint density at radius 2 is 1.33 bits per heavy atom. The van der Waals surface area contributed by atoms with Crippen LogP contribution in [0.5, 0.6) is 0 Å². The Hall–Kier alpha value is 0.170. The Labute approximate surface area is 122 Å². The van der Waals surface area contributed by atoms with E-state index < -0.39 is 0 Å². The monoisotopic (exact) mass is 291 g/mol. The van der Waals surface area contributed by atoms with Gasteiger partial charge in [0, 0.05) is 21.0 Å². The van der Waals surface area contributed by atoms with Crippen LogP contribution in [0.15, 0.2) is 5.16 Å².